The molecular formula is C24H16Cl2FN3O. The Morgan fingerprint density at radius 1 is 1.06 bits per heavy atom. The summed E-state index contributed by atoms with van der Waals surface area (Å²) >= 11 is 12.4. The third-order valence-electron chi connectivity index (χ3n) is 4.82. The number of hydrogen-bond acceptors (Lipinski definition) is 3. The third kappa shape index (κ3) is 3.88. The average Bonchev–Trinajstić information content (AvgIpc) is 3.15. The van der Waals surface area contributed by atoms with Crippen molar-refractivity contribution < 1.29 is 9.13 Å². The number of nitrogens with zero attached hydrogens (tertiary/aromatic N) is 3. The summed E-state index contributed by atoms with van der Waals surface area (Å²) in [5.41, 5.74) is 2.55. The monoisotopic (exact) mass is 451 g/mol. The molecule has 4 nitrogen and oxygen atoms in total. The summed E-state index contributed by atoms with van der Waals surface area (Å²) in [6, 6.07) is 21.4. The molecule has 1 heterocycles. The molecule has 0 atom stereocenters. The molecule has 0 saturated carbocycles. The van der Waals surface area contributed by atoms with Gasteiger partial charge in [0.15, 0.2) is 5.82 Å². The van der Waals surface area contributed by atoms with Gasteiger partial charge in [-0.3, -0.25) is 4.57 Å². The molecule has 1 aromatic heterocycles. The van der Waals surface area contributed by atoms with Crippen molar-refractivity contribution in [1.29, 1.82) is 5.26 Å². The van der Waals surface area contributed by atoms with Gasteiger partial charge in [0.05, 0.1) is 41.7 Å². The van der Waals surface area contributed by atoms with Gasteiger partial charge in [-0.25, -0.2) is 9.37 Å². The van der Waals surface area contributed by atoms with E-state index in [0.29, 0.717) is 33.5 Å². The molecule has 4 aromatic rings. The number of benzene rings is 3. The largest absolute Gasteiger partial charge is 0.496 e. The van der Waals surface area contributed by atoms with E-state index in [1.54, 1.807) is 34.9 Å². The van der Waals surface area contributed by atoms with Gasteiger partial charge >= 0.3 is 0 Å². The fraction of sp³-hybridized carbons (Fsp3) is 0.0833. The molecule has 3 aromatic carbocycles. The Morgan fingerprint density at radius 2 is 1.84 bits per heavy atom. The topological polar surface area (TPSA) is 50.8 Å². The van der Waals surface area contributed by atoms with Crippen LogP contribution in [0.4, 0.5) is 4.39 Å². The van der Waals surface area contributed by atoms with E-state index < -0.39 is 5.82 Å². The van der Waals surface area contributed by atoms with E-state index in [0.717, 1.165) is 5.56 Å². The Kier molecular flexibility index (Phi) is 5.94. The minimum absolute atomic E-state index is 0.0139. The van der Waals surface area contributed by atoms with Crippen LogP contribution in [0.15, 0.2) is 66.7 Å². The number of aromatic nitrogens is 2. The molecule has 0 radical (unpaired) electrons. The van der Waals surface area contributed by atoms with Crippen LogP contribution in [0.1, 0.15) is 5.69 Å². The fourth-order valence-electron chi connectivity index (χ4n) is 3.49. The molecule has 0 bridgehead atoms. The Labute approximate surface area is 189 Å². The molecule has 0 N–H and O–H groups in total. The summed E-state index contributed by atoms with van der Waals surface area (Å²) in [5, 5.41) is 9.91. The average molecular weight is 452 g/mol. The molecule has 0 aliphatic rings. The van der Waals surface area contributed by atoms with Crippen LogP contribution in [0.25, 0.3) is 28.3 Å². The van der Waals surface area contributed by atoms with Gasteiger partial charge in [0.1, 0.15) is 11.6 Å². The fourth-order valence-corrected chi connectivity index (χ4v) is 3.83. The zero-order chi connectivity index (χ0) is 22.0. The quantitative estimate of drug-likeness (QED) is 0.338. The molecule has 0 unspecified atom stereocenters. The number of ether oxygens (including phenoxy) is 1. The Balaban J connectivity index is 2.16. The van der Waals surface area contributed by atoms with Crippen LogP contribution in [0.2, 0.25) is 10.0 Å². The Morgan fingerprint density at radius 3 is 2.55 bits per heavy atom. The molecule has 0 aliphatic heterocycles. The number of hydrogen-bond donors (Lipinski definition) is 0. The highest BCUT2D eigenvalue weighted by molar-refractivity contribution is 6.31. The predicted molar refractivity (Wildman–Crippen MR) is 120 cm³/mol. The second-order valence-electron chi connectivity index (χ2n) is 6.68. The number of methoxy groups -OCH3 is 1. The second-order valence-corrected chi connectivity index (χ2v) is 7.53. The number of halogens is 3. The molecule has 0 saturated heterocycles. The van der Waals surface area contributed by atoms with Crippen molar-refractivity contribution in [2.75, 3.05) is 7.11 Å². The minimum Gasteiger partial charge on any atom is -0.496 e. The number of nitriles is 1. The first-order valence-electron chi connectivity index (χ1n) is 9.37. The third-order valence-corrected chi connectivity index (χ3v) is 5.34. The maximum absolute atomic E-state index is 15.2. The summed E-state index contributed by atoms with van der Waals surface area (Å²) in [7, 11) is 1.54. The van der Waals surface area contributed by atoms with Crippen LogP contribution in [-0.4, -0.2) is 16.7 Å². The maximum Gasteiger partial charge on any atom is 0.165 e. The minimum atomic E-state index is -0.593. The van der Waals surface area contributed by atoms with Crippen molar-refractivity contribution >= 4 is 23.2 Å². The molecule has 154 valence electrons. The van der Waals surface area contributed by atoms with Crippen LogP contribution < -0.4 is 4.74 Å². The lowest BCUT2D eigenvalue weighted by Gasteiger charge is -2.16. The molecule has 0 amide bonds. The predicted octanol–water partition coefficient (Wildman–Crippen LogP) is 6.73. The number of imidazole rings is 1. The molecule has 7 heteroatoms. The van der Waals surface area contributed by atoms with E-state index in [-0.39, 0.29) is 17.1 Å². The Hall–Kier alpha value is -3.33. The summed E-state index contributed by atoms with van der Waals surface area (Å²) in [5.74, 6) is 0.403. The van der Waals surface area contributed by atoms with E-state index in [9.17, 15) is 5.26 Å². The van der Waals surface area contributed by atoms with Crippen molar-refractivity contribution in [2.45, 2.75) is 6.42 Å². The van der Waals surface area contributed by atoms with Crippen LogP contribution in [0.3, 0.4) is 0 Å². The Bertz CT molecular complexity index is 1300. The van der Waals surface area contributed by atoms with Crippen molar-refractivity contribution in [2.24, 2.45) is 0 Å². The van der Waals surface area contributed by atoms with Gasteiger partial charge in [-0.2, -0.15) is 5.26 Å². The van der Waals surface area contributed by atoms with Crippen LogP contribution in [0, 0.1) is 17.1 Å². The maximum atomic E-state index is 15.2. The second kappa shape index (κ2) is 8.81. The van der Waals surface area contributed by atoms with Crippen molar-refractivity contribution in [3.63, 3.8) is 0 Å². The lowest BCUT2D eigenvalue weighted by Crippen LogP contribution is -2.04. The van der Waals surface area contributed by atoms with Gasteiger partial charge < -0.3 is 4.74 Å². The standard InChI is InChI=1S/C24H16Cl2FN3O/c1-31-21-11-10-16(25)14-17(21)23-19(12-13-28)29-24(15-6-3-2-4-7-15)30(23)20-9-5-8-18(26)22(20)27/h2-11,14H,12H2,1H3. The SMILES string of the molecule is COc1ccc(Cl)cc1-c1c(CC#N)nc(-c2ccccc2)n1-c1cccc(Cl)c1F. The molecule has 0 fully saturated rings. The van der Waals surface area contributed by atoms with E-state index in [1.165, 1.54) is 13.2 Å². The summed E-state index contributed by atoms with van der Waals surface area (Å²) < 4.78 is 22.4. The van der Waals surface area contributed by atoms with Crippen molar-refractivity contribution in [3.8, 4) is 40.2 Å². The van der Waals surface area contributed by atoms with E-state index in [4.69, 9.17) is 32.9 Å². The van der Waals surface area contributed by atoms with E-state index >= 15 is 4.39 Å². The van der Waals surface area contributed by atoms with Gasteiger partial charge in [-0.05, 0) is 30.3 Å². The van der Waals surface area contributed by atoms with Gasteiger partial charge in [0.25, 0.3) is 0 Å². The smallest absolute Gasteiger partial charge is 0.165 e. The zero-order valence-electron chi connectivity index (χ0n) is 16.4. The summed E-state index contributed by atoms with van der Waals surface area (Å²) in [4.78, 5) is 4.73. The molecule has 31 heavy (non-hydrogen) atoms. The van der Waals surface area contributed by atoms with Crippen LogP contribution in [-0.2, 0) is 6.42 Å². The van der Waals surface area contributed by atoms with Gasteiger partial charge in [-0.1, -0.05) is 59.6 Å². The zero-order valence-corrected chi connectivity index (χ0v) is 18.0. The highest BCUT2D eigenvalue weighted by Gasteiger charge is 2.25. The first kappa shape index (κ1) is 20.9. The summed E-state index contributed by atoms with van der Waals surface area (Å²) in [6.45, 7) is 0. The number of rotatable bonds is 5. The highest BCUT2D eigenvalue weighted by atomic mass is 35.5. The highest BCUT2D eigenvalue weighted by Crippen LogP contribution is 2.40. The van der Waals surface area contributed by atoms with E-state index in [2.05, 4.69) is 6.07 Å². The van der Waals surface area contributed by atoms with Crippen molar-refractivity contribution in [1.82, 2.24) is 9.55 Å². The first-order valence-corrected chi connectivity index (χ1v) is 10.1. The van der Waals surface area contributed by atoms with Crippen LogP contribution >= 0.6 is 23.2 Å². The van der Waals surface area contributed by atoms with E-state index in [1.807, 2.05) is 30.3 Å². The van der Waals surface area contributed by atoms with Gasteiger partial charge in [-0.15, -0.1) is 0 Å². The van der Waals surface area contributed by atoms with Gasteiger partial charge in [0, 0.05) is 16.1 Å². The van der Waals surface area contributed by atoms with Gasteiger partial charge in [0.2, 0.25) is 0 Å². The molecule has 4 rings (SSSR count). The molecule has 0 spiro atoms. The molecule has 0 aliphatic carbocycles. The lowest BCUT2D eigenvalue weighted by molar-refractivity contribution is 0.416. The molecular weight excluding hydrogens is 436 g/mol. The summed E-state index contributed by atoms with van der Waals surface area (Å²) in [6.07, 6.45) is 0.0139. The van der Waals surface area contributed by atoms with Crippen LogP contribution in [0.5, 0.6) is 5.75 Å². The van der Waals surface area contributed by atoms with Crippen molar-refractivity contribution in [3.05, 3.63) is 88.3 Å². The normalized spacial score (nSPS) is 10.7. The first-order chi connectivity index (χ1) is 15.0. The lowest BCUT2D eigenvalue weighted by atomic mass is 10.1.